The first-order valence-electron chi connectivity index (χ1n) is 11.7. The smallest absolute Gasteiger partial charge is 0.317 e. The fourth-order valence-electron chi connectivity index (χ4n) is 5.04. The molecule has 5 heteroatoms. The molecule has 1 aliphatic carbocycles. The minimum atomic E-state index is 0.0112. The van der Waals surface area contributed by atoms with Gasteiger partial charge in [0.15, 0.2) is 0 Å². The zero-order valence-corrected chi connectivity index (χ0v) is 20.4. The van der Waals surface area contributed by atoms with Crippen molar-refractivity contribution in [2.24, 2.45) is 5.41 Å². The van der Waals surface area contributed by atoms with E-state index < -0.39 is 0 Å². The van der Waals surface area contributed by atoms with E-state index in [4.69, 9.17) is 4.74 Å². The van der Waals surface area contributed by atoms with Gasteiger partial charge in [0.25, 0.3) is 0 Å². The van der Waals surface area contributed by atoms with E-state index in [-0.39, 0.29) is 17.0 Å². The number of rotatable bonds is 8. The quantitative estimate of drug-likeness (QED) is 0.612. The summed E-state index contributed by atoms with van der Waals surface area (Å²) in [5.74, 6) is 0.832. The molecule has 3 rings (SSSR count). The largest absolute Gasteiger partial charge is 0.497 e. The Morgan fingerprint density at radius 1 is 1.00 bits per heavy atom. The second-order valence-electron chi connectivity index (χ2n) is 9.64. The van der Waals surface area contributed by atoms with Gasteiger partial charge in [-0.15, -0.1) is 0 Å². The fourth-order valence-corrected chi connectivity index (χ4v) is 5.04. The van der Waals surface area contributed by atoms with Crippen molar-refractivity contribution in [3.63, 3.8) is 0 Å². The van der Waals surface area contributed by atoms with E-state index in [2.05, 4.69) is 61.6 Å². The first-order valence-corrected chi connectivity index (χ1v) is 11.7. The van der Waals surface area contributed by atoms with Crippen LogP contribution in [0, 0.1) is 5.41 Å². The Morgan fingerprint density at radius 3 is 2.16 bits per heavy atom. The summed E-state index contributed by atoms with van der Waals surface area (Å²) in [5, 5.41) is 3.01. The van der Waals surface area contributed by atoms with Gasteiger partial charge in [-0.25, -0.2) is 4.79 Å². The van der Waals surface area contributed by atoms with Crippen LogP contribution in [0.25, 0.3) is 0 Å². The molecule has 32 heavy (non-hydrogen) atoms. The lowest BCUT2D eigenvalue weighted by Crippen LogP contribution is -2.50. The van der Waals surface area contributed by atoms with Gasteiger partial charge in [0.1, 0.15) is 5.75 Å². The topological polar surface area (TPSA) is 44.8 Å². The van der Waals surface area contributed by atoms with Gasteiger partial charge in [0, 0.05) is 25.2 Å². The predicted molar refractivity (Wildman–Crippen MR) is 131 cm³/mol. The van der Waals surface area contributed by atoms with Crippen LogP contribution in [0.15, 0.2) is 54.6 Å². The summed E-state index contributed by atoms with van der Waals surface area (Å²) in [4.78, 5) is 17.3. The van der Waals surface area contributed by atoms with Crippen molar-refractivity contribution in [3.05, 3.63) is 65.7 Å². The number of methoxy groups -OCH3 is 1. The average molecular weight is 438 g/mol. The van der Waals surface area contributed by atoms with E-state index in [1.165, 1.54) is 5.56 Å². The number of nitrogens with one attached hydrogen (secondary N) is 1. The highest BCUT2D eigenvalue weighted by Crippen LogP contribution is 2.48. The van der Waals surface area contributed by atoms with Crippen molar-refractivity contribution >= 4 is 6.03 Å². The molecule has 2 aromatic carbocycles. The lowest BCUT2D eigenvalue weighted by Gasteiger charge is -2.50. The third kappa shape index (κ3) is 5.44. The number of hydrogen-bond acceptors (Lipinski definition) is 3. The van der Waals surface area contributed by atoms with Crippen LogP contribution < -0.4 is 10.1 Å². The van der Waals surface area contributed by atoms with E-state index in [9.17, 15) is 4.79 Å². The van der Waals surface area contributed by atoms with Crippen LogP contribution in [0.4, 0.5) is 4.79 Å². The fraction of sp³-hybridized carbons (Fsp3) is 0.519. The molecule has 0 aromatic heterocycles. The van der Waals surface area contributed by atoms with E-state index in [1.54, 1.807) is 7.11 Å². The van der Waals surface area contributed by atoms with Gasteiger partial charge >= 0.3 is 6.03 Å². The molecular weight excluding hydrogens is 398 g/mol. The van der Waals surface area contributed by atoms with Gasteiger partial charge in [-0.3, -0.25) is 4.90 Å². The van der Waals surface area contributed by atoms with Crippen LogP contribution in [0.3, 0.4) is 0 Å². The molecule has 1 saturated carbocycles. The highest BCUT2D eigenvalue weighted by Gasteiger charge is 2.43. The highest BCUT2D eigenvalue weighted by molar-refractivity contribution is 5.74. The van der Waals surface area contributed by atoms with Crippen molar-refractivity contribution in [2.75, 3.05) is 34.3 Å². The second-order valence-corrected chi connectivity index (χ2v) is 9.64. The zero-order chi connectivity index (χ0) is 23.2. The summed E-state index contributed by atoms with van der Waals surface area (Å²) in [7, 11) is 6.06. The molecule has 2 aromatic rings. The van der Waals surface area contributed by atoms with Gasteiger partial charge in [0.05, 0.1) is 7.11 Å². The zero-order valence-electron chi connectivity index (χ0n) is 20.4. The number of ether oxygens (including phenoxy) is 1. The summed E-state index contributed by atoms with van der Waals surface area (Å²) in [6.45, 7) is 6.30. The summed E-state index contributed by atoms with van der Waals surface area (Å²) in [6.07, 6.45) is 4.34. The Morgan fingerprint density at radius 2 is 1.62 bits per heavy atom. The molecule has 5 nitrogen and oxygen atoms in total. The van der Waals surface area contributed by atoms with Crippen molar-refractivity contribution in [1.29, 1.82) is 0 Å². The first kappa shape index (κ1) is 24.1. The molecule has 0 spiro atoms. The normalized spacial score (nSPS) is 23.1. The Labute approximate surface area is 193 Å². The third-order valence-electron chi connectivity index (χ3n) is 7.17. The Hall–Kier alpha value is -2.53. The van der Waals surface area contributed by atoms with Crippen molar-refractivity contribution in [2.45, 2.75) is 51.6 Å². The van der Waals surface area contributed by atoms with E-state index in [1.807, 2.05) is 36.1 Å². The number of amides is 2. The molecule has 0 aliphatic heterocycles. The summed E-state index contributed by atoms with van der Waals surface area (Å²) in [6, 6.07) is 18.9. The number of urea groups is 1. The predicted octanol–water partition coefficient (Wildman–Crippen LogP) is 5.26. The molecule has 1 aliphatic rings. The summed E-state index contributed by atoms with van der Waals surface area (Å²) in [5.41, 5.74) is 2.66. The SMILES string of the molecule is CCNC(=O)N(Cc1ccc(OC)cc1)C[C@]1(C)CC[C@@](c2ccccc2)(N(C)C)CC1. The maximum absolute atomic E-state index is 12.9. The van der Waals surface area contributed by atoms with Crippen LogP contribution >= 0.6 is 0 Å². The highest BCUT2D eigenvalue weighted by atomic mass is 16.5. The Bertz CT molecular complexity index is 856. The Balaban J connectivity index is 1.75. The number of benzene rings is 2. The van der Waals surface area contributed by atoms with Crippen LogP contribution in [-0.2, 0) is 12.1 Å². The summed E-state index contributed by atoms with van der Waals surface area (Å²) < 4.78 is 5.28. The van der Waals surface area contributed by atoms with E-state index >= 15 is 0 Å². The van der Waals surface area contributed by atoms with Gasteiger partial charge < -0.3 is 15.0 Å². The third-order valence-corrected chi connectivity index (χ3v) is 7.17. The Kier molecular flexibility index (Phi) is 7.83. The lowest BCUT2D eigenvalue weighted by atomic mass is 9.65. The van der Waals surface area contributed by atoms with Gasteiger partial charge in [-0.05, 0) is 75.4 Å². The molecule has 0 heterocycles. The van der Waals surface area contributed by atoms with Gasteiger partial charge in [0.2, 0.25) is 0 Å². The number of carbonyl (C=O) groups excluding carboxylic acids is 1. The molecule has 174 valence electrons. The van der Waals surface area contributed by atoms with Crippen LogP contribution in [0.2, 0.25) is 0 Å². The van der Waals surface area contributed by atoms with E-state index in [0.29, 0.717) is 13.1 Å². The number of nitrogens with zero attached hydrogens (tertiary/aromatic N) is 2. The second kappa shape index (κ2) is 10.4. The minimum Gasteiger partial charge on any atom is -0.497 e. The standard InChI is InChI=1S/C27H39N3O2/c1-6-28-25(31)30(20-22-12-14-24(32-5)15-13-22)21-26(2)16-18-27(19-17-26,29(3)4)23-10-8-7-9-11-23/h7-15H,6,16-21H2,1-5H3,(H,28,31)/t26-,27-. The molecule has 0 bridgehead atoms. The molecule has 0 atom stereocenters. The van der Waals surface area contributed by atoms with Crippen molar-refractivity contribution in [1.82, 2.24) is 15.1 Å². The number of carbonyl (C=O) groups is 1. The molecule has 1 N–H and O–H groups in total. The molecule has 0 saturated heterocycles. The van der Waals surface area contributed by atoms with Crippen LogP contribution in [0.1, 0.15) is 50.7 Å². The molecule has 0 unspecified atom stereocenters. The van der Waals surface area contributed by atoms with E-state index in [0.717, 1.165) is 43.5 Å². The molecule has 2 amide bonds. The molecule has 0 radical (unpaired) electrons. The van der Waals surface area contributed by atoms with Crippen molar-refractivity contribution < 1.29 is 9.53 Å². The minimum absolute atomic E-state index is 0.0112. The molecule has 1 fully saturated rings. The maximum atomic E-state index is 12.9. The lowest BCUT2D eigenvalue weighted by molar-refractivity contribution is 0.0282. The maximum Gasteiger partial charge on any atom is 0.317 e. The monoisotopic (exact) mass is 437 g/mol. The van der Waals surface area contributed by atoms with Crippen LogP contribution in [-0.4, -0.2) is 50.1 Å². The number of hydrogen-bond donors (Lipinski definition) is 1. The van der Waals surface area contributed by atoms with Crippen molar-refractivity contribution in [3.8, 4) is 5.75 Å². The molecular formula is C27H39N3O2. The summed E-state index contributed by atoms with van der Waals surface area (Å²) >= 11 is 0. The first-order chi connectivity index (χ1) is 15.3. The van der Waals surface area contributed by atoms with Gasteiger partial charge in [-0.1, -0.05) is 49.4 Å². The van der Waals surface area contributed by atoms with Crippen LogP contribution in [0.5, 0.6) is 5.75 Å². The van der Waals surface area contributed by atoms with Gasteiger partial charge in [-0.2, -0.15) is 0 Å². The average Bonchev–Trinajstić information content (AvgIpc) is 2.80.